The van der Waals surface area contributed by atoms with Gasteiger partial charge in [0.2, 0.25) is 0 Å². The molecule has 0 spiro atoms. The summed E-state index contributed by atoms with van der Waals surface area (Å²) >= 11 is 7.39. The first-order valence-electron chi connectivity index (χ1n) is 10.8. The normalized spacial score (nSPS) is 12.2. The summed E-state index contributed by atoms with van der Waals surface area (Å²) in [5.74, 6) is 0. The van der Waals surface area contributed by atoms with Crippen molar-refractivity contribution in [1.29, 1.82) is 0 Å². The summed E-state index contributed by atoms with van der Waals surface area (Å²) in [4.78, 5) is 0. The molecule has 0 bridgehead atoms. The minimum Gasteiger partial charge on any atom is -0.0687 e. The fourth-order valence-electron chi connectivity index (χ4n) is 4.37. The number of rotatable bonds is 8. The van der Waals surface area contributed by atoms with Crippen molar-refractivity contribution in [1.82, 2.24) is 0 Å². The summed E-state index contributed by atoms with van der Waals surface area (Å²) in [6.07, 6.45) is 10.8. The average Bonchev–Trinajstić information content (AvgIpc) is 3.02. The molecule has 2 aromatic carbocycles. The van der Waals surface area contributed by atoms with Crippen LogP contribution < -0.4 is 0 Å². The van der Waals surface area contributed by atoms with Crippen LogP contribution >= 0.6 is 31.9 Å². The Morgan fingerprint density at radius 2 is 1.39 bits per heavy atom. The zero-order valence-corrected chi connectivity index (χ0v) is 21.1. The maximum Gasteiger partial charge on any atom is 0.0475 e. The van der Waals surface area contributed by atoms with Crippen molar-refractivity contribution in [2.75, 3.05) is 0 Å². The van der Waals surface area contributed by atoms with Crippen LogP contribution in [0.4, 0.5) is 0 Å². The fourth-order valence-corrected chi connectivity index (χ4v) is 5.09. The first kappa shape index (κ1) is 23.5. The van der Waals surface area contributed by atoms with Crippen molar-refractivity contribution in [2.24, 2.45) is 0 Å². The Bertz CT molecular complexity index is 1130. The van der Waals surface area contributed by atoms with E-state index < -0.39 is 0 Å². The molecule has 0 N–H and O–H groups in total. The molecule has 0 aliphatic heterocycles. The largest absolute Gasteiger partial charge is 0.0687 e. The van der Waals surface area contributed by atoms with E-state index in [1.807, 2.05) is 0 Å². The van der Waals surface area contributed by atoms with Crippen LogP contribution in [-0.2, 0) is 5.41 Å². The molecule has 1 aliphatic carbocycles. The maximum atomic E-state index is 3.69. The van der Waals surface area contributed by atoms with E-state index in [4.69, 9.17) is 0 Å². The number of hydrogen-bond acceptors (Lipinski definition) is 0. The molecule has 0 radical (unpaired) electrons. The number of benzene rings is 2. The van der Waals surface area contributed by atoms with Crippen LogP contribution in [0.3, 0.4) is 0 Å². The lowest BCUT2D eigenvalue weighted by Gasteiger charge is -2.28. The third-order valence-corrected chi connectivity index (χ3v) is 6.79. The van der Waals surface area contributed by atoms with Gasteiger partial charge in [0.15, 0.2) is 0 Å². The van der Waals surface area contributed by atoms with Gasteiger partial charge in [-0.3, -0.25) is 0 Å². The van der Waals surface area contributed by atoms with Crippen molar-refractivity contribution in [3.8, 4) is 11.1 Å². The molecule has 0 nitrogen and oxygen atoms in total. The molecule has 2 aromatic rings. The molecule has 3 rings (SSSR count). The van der Waals surface area contributed by atoms with E-state index in [9.17, 15) is 0 Å². The second kappa shape index (κ2) is 11.4. The van der Waals surface area contributed by atoms with Crippen LogP contribution in [0.15, 0.2) is 92.4 Å². The number of fused-ring (bicyclic) bond motifs is 3. The molecule has 0 heterocycles. The first-order valence-corrected chi connectivity index (χ1v) is 12.4. The molecule has 0 amide bonds. The third kappa shape index (κ3) is 5.55. The monoisotopic (exact) mass is 532 g/mol. The molecule has 156 valence electrons. The van der Waals surface area contributed by atoms with Gasteiger partial charge in [0.1, 0.15) is 0 Å². The van der Waals surface area contributed by atoms with Crippen LogP contribution in [0, 0.1) is 0 Å². The molecule has 0 unspecified atom stereocenters. The predicted molar refractivity (Wildman–Crippen MR) is 137 cm³/mol. The SMILES string of the molecule is C=C=C=C=C=C=C=CC1(CCCCCCCC)c2cc(Br)ccc2-c2ccc(Br)cc21. The highest BCUT2D eigenvalue weighted by atomic mass is 79.9. The van der Waals surface area contributed by atoms with Gasteiger partial charge in [0.25, 0.3) is 0 Å². The molecule has 2 heteroatoms. The van der Waals surface area contributed by atoms with Crippen molar-refractivity contribution in [2.45, 2.75) is 57.3 Å². The first-order chi connectivity index (χ1) is 15.1. The molecule has 0 saturated heterocycles. The molecule has 0 aromatic heterocycles. The smallest absolute Gasteiger partial charge is 0.0475 e. The maximum absolute atomic E-state index is 3.69. The zero-order chi connectivity index (χ0) is 22.1. The number of halogens is 2. The minimum absolute atomic E-state index is 0.240. The molecule has 0 atom stereocenters. The summed E-state index contributed by atoms with van der Waals surface area (Å²) in [7, 11) is 0. The van der Waals surface area contributed by atoms with Crippen molar-refractivity contribution < 1.29 is 0 Å². The lowest BCUT2D eigenvalue weighted by atomic mass is 9.74. The van der Waals surface area contributed by atoms with E-state index in [0.717, 1.165) is 15.4 Å². The van der Waals surface area contributed by atoms with Gasteiger partial charge in [-0.2, -0.15) is 0 Å². The van der Waals surface area contributed by atoms with E-state index in [2.05, 4.69) is 122 Å². The third-order valence-electron chi connectivity index (χ3n) is 5.81. The highest BCUT2D eigenvalue weighted by Crippen LogP contribution is 2.53. The van der Waals surface area contributed by atoms with Crippen LogP contribution in [0.5, 0.6) is 0 Å². The van der Waals surface area contributed by atoms with Crippen LogP contribution in [0.1, 0.15) is 63.0 Å². The second-order valence-corrected chi connectivity index (χ2v) is 9.67. The Labute approximate surface area is 203 Å². The number of hydrogen-bond donors (Lipinski definition) is 0. The summed E-state index contributed by atoms with van der Waals surface area (Å²) in [5.41, 5.74) is 21.9. The second-order valence-electron chi connectivity index (χ2n) is 7.83. The van der Waals surface area contributed by atoms with E-state index in [1.54, 1.807) is 0 Å². The summed E-state index contributed by atoms with van der Waals surface area (Å²) in [6, 6.07) is 13.2. The highest BCUT2D eigenvalue weighted by molar-refractivity contribution is 9.10. The summed E-state index contributed by atoms with van der Waals surface area (Å²) < 4.78 is 2.19. The fraction of sp³-hybridized carbons (Fsp3) is 0.310. The Balaban J connectivity index is 2.13. The zero-order valence-electron chi connectivity index (χ0n) is 18.0. The number of allylic oxidation sites excluding steroid dienone is 1. The van der Waals surface area contributed by atoms with Crippen molar-refractivity contribution in [3.05, 3.63) is 104 Å². The van der Waals surface area contributed by atoms with Gasteiger partial charge in [0.05, 0.1) is 0 Å². The Morgan fingerprint density at radius 1 is 0.806 bits per heavy atom. The van der Waals surface area contributed by atoms with Crippen molar-refractivity contribution >= 4 is 31.9 Å². The van der Waals surface area contributed by atoms with Gasteiger partial charge in [-0.1, -0.05) is 101 Å². The quantitative estimate of drug-likeness (QED) is 0.234. The van der Waals surface area contributed by atoms with E-state index >= 15 is 0 Å². The van der Waals surface area contributed by atoms with E-state index in [-0.39, 0.29) is 5.41 Å². The average molecular weight is 534 g/mol. The topological polar surface area (TPSA) is 0 Å². The van der Waals surface area contributed by atoms with Gasteiger partial charge in [-0.25, -0.2) is 0 Å². The van der Waals surface area contributed by atoms with Gasteiger partial charge >= 0.3 is 0 Å². The molecular weight excluding hydrogens is 508 g/mol. The molecule has 1 aliphatic rings. The number of unbranched alkanes of at least 4 members (excludes halogenated alkanes) is 5. The minimum atomic E-state index is -0.240. The Hall–Kier alpha value is -2.18. The van der Waals surface area contributed by atoms with Gasteiger partial charge in [0, 0.05) is 14.4 Å². The summed E-state index contributed by atoms with van der Waals surface area (Å²) in [6.45, 7) is 5.74. The highest BCUT2D eigenvalue weighted by Gasteiger charge is 2.41. The van der Waals surface area contributed by atoms with Crippen LogP contribution in [0.2, 0.25) is 0 Å². The van der Waals surface area contributed by atoms with Crippen LogP contribution in [0.25, 0.3) is 11.1 Å². The standard InChI is InChI=1S/C29H26Br2/c1-3-5-7-9-11-13-19-29(20-14-12-10-8-6-4-2)27-21-23(30)15-17-25(27)26-18-16-24(31)22-28(26)29/h15-19,21-22H,1,4,6,8,10,12,14,20H2,2H3. The van der Waals surface area contributed by atoms with E-state index in [0.29, 0.717) is 0 Å². The predicted octanol–water partition coefficient (Wildman–Crippen LogP) is 9.35. The van der Waals surface area contributed by atoms with Gasteiger partial charge in [-0.05, 0) is 88.5 Å². The van der Waals surface area contributed by atoms with Crippen LogP contribution in [-0.4, -0.2) is 0 Å². The Morgan fingerprint density at radius 3 is 2.00 bits per heavy atom. The lowest BCUT2D eigenvalue weighted by Crippen LogP contribution is -2.22. The molecule has 0 fully saturated rings. The van der Waals surface area contributed by atoms with Gasteiger partial charge < -0.3 is 0 Å². The lowest BCUT2D eigenvalue weighted by molar-refractivity contribution is 0.517. The molecule has 31 heavy (non-hydrogen) atoms. The van der Waals surface area contributed by atoms with Gasteiger partial charge in [-0.15, -0.1) is 0 Å². The Kier molecular flexibility index (Phi) is 8.67. The van der Waals surface area contributed by atoms with Crippen molar-refractivity contribution in [3.63, 3.8) is 0 Å². The van der Waals surface area contributed by atoms with E-state index in [1.165, 1.54) is 60.8 Å². The summed E-state index contributed by atoms with van der Waals surface area (Å²) in [5, 5.41) is 0. The molecule has 0 saturated carbocycles. The molecular formula is C29H26Br2.